The van der Waals surface area contributed by atoms with Gasteiger partial charge in [-0.05, 0) is 6.07 Å². The van der Waals surface area contributed by atoms with E-state index in [0.717, 1.165) is 11.5 Å². The Balaban J connectivity index is 2.51. The second kappa shape index (κ2) is 2.69. The molecule has 0 fully saturated rings. The lowest BCUT2D eigenvalue weighted by Crippen LogP contribution is -1.93. The monoisotopic (exact) mass is 161 g/mol. The van der Waals surface area contributed by atoms with Crippen LogP contribution in [0.3, 0.4) is 0 Å². The first-order chi connectivity index (χ1) is 5.88. The van der Waals surface area contributed by atoms with Crippen LogP contribution in [0.5, 0.6) is 0 Å². The molecule has 0 amide bonds. The standard InChI is InChI=1S/C7H7N5/c1-12-5-10-11-7(12)6-2-3-8-4-9-6/h2-5H,1H3. The maximum atomic E-state index is 4.05. The molecule has 0 aromatic carbocycles. The zero-order chi connectivity index (χ0) is 8.39. The lowest BCUT2D eigenvalue weighted by atomic mass is 10.4. The Morgan fingerprint density at radius 1 is 1.42 bits per heavy atom. The van der Waals surface area contributed by atoms with Gasteiger partial charge in [-0.25, -0.2) is 9.97 Å². The van der Waals surface area contributed by atoms with Crippen LogP contribution < -0.4 is 0 Å². The third-order valence-corrected chi connectivity index (χ3v) is 1.52. The van der Waals surface area contributed by atoms with Crippen molar-refractivity contribution in [2.24, 2.45) is 7.05 Å². The van der Waals surface area contributed by atoms with Crippen molar-refractivity contribution >= 4 is 0 Å². The molecule has 0 saturated carbocycles. The highest BCUT2D eigenvalue weighted by Crippen LogP contribution is 2.09. The van der Waals surface area contributed by atoms with E-state index in [2.05, 4.69) is 20.2 Å². The molecule has 2 rings (SSSR count). The van der Waals surface area contributed by atoms with Crippen LogP contribution in [0.25, 0.3) is 11.5 Å². The summed E-state index contributed by atoms with van der Waals surface area (Å²) in [4.78, 5) is 7.86. The molecule has 0 bridgehead atoms. The Morgan fingerprint density at radius 3 is 2.92 bits per heavy atom. The summed E-state index contributed by atoms with van der Waals surface area (Å²) in [7, 11) is 1.87. The number of rotatable bonds is 1. The van der Waals surface area contributed by atoms with Crippen LogP contribution in [0.1, 0.15) is 0 Å². The SMILES string of the molecule is Cn1cnnc1-c1ccncn1. The van der Waals surface area contributed by atoms with Gasteiger partial charge in [0.05, 0.1) is 0 Å². The van der Waals surface area contributed by atoms with E-state index in [1.807, 2.05) is 11.6 Å². The summed E-state index contributed by atoms with van der Waals surface area (Å²) in [5, 5.41) is 7.66. The minimum atomic E-state index is 0.748. The van der Waals surface area contributed by atoms with Crippen LogP contribution in [-0.4, -0.2) is 24.7 Å². The van der Waals surface area contributed by atoms with Crippen molar-refractivity contribution in [1.29, 1.82) is 0 Å². The van der Waals surface area contributed by atoms with Crippen molar-refractivity contribution in [2.75, 3.05) is 0 Å². The van der Waals surface area contributed by atoms with Gasteiger partial charge in [-0.1, -0.05) is 0 Å². The van der Waals surface area contributed by atoms with E-state index in [1.165, 1.54) is 6.33 Å². The minimum Gasteiger partial charge on any atom is -0.315 e. The zero-order valence-electron chi connectivity index (χ0n) is 6.55. The van der Waals surface area contributed by atoms with Crippen molar-refractivity contribution in [3.8, 4) is 11.5 Å². The Kier molecular flexibility index (Phi) is 1.55. The van der Waals surface area contributed by atoms with Crippen LogP contribution in [0, 0.1) is 0 Å². The molecule has 0 aliphatic heterocycles. The van der Waals surface area contributed by atoms with Gasteiger partial charge < -0.3 is 4.57 Å². The summed E-state index contributed by atoms with van der Waals surface area (Å²) in [5.74, 6) is 0.748. The molecule has 0 saturated heterocycles. The maximum absolute atomic E-state index is 4.05. The quantitative estimate of drug-likeness (QED) is 0.602. The fourth-order valence-corrected chi connectivity index (χ4v) is 0.938. The van der Waals surface area contributed by atoms with E-state index in [9.17, 15) is 0 Å². The molecule has 0 aliphatic rings. The highest BCUT2D eigenvalue weighted by atomic mass is 15.3. The van der Waals surface area contributed by atoms with Crippen LogP contribution >= 0.6 is 0 Å². The van der Waals surface area contributed by atoms with Crippen molar-refractivity contribution in [3.05, 3.63) is 24.9 Å². The molecule has 0 unspecified atom stereocenters. The topological polar surface area (TPSA) is 56.5 Å². The third kappa shape index (κ3) is 1.05. The molecule has 0 atom stereocenters. The number of hydrogen-bond acceptors (Lipinski definition) is 4. The molecule has 0 radical (unpaired) electrons. The third-order valence-electron chi connectivity index (χ3n) is 1.52. The van der Waals surface area contributed by atoms with Gasteiger partial charge in [-0.3, -0.25) is 0 Å². The molecule has 2 aromatic heterocycles. The van der Waals surface area contributed by atoms with Gasteiger partial charge in [0.1, 0.15) is 18.3 Å². The van der Waals surface area contributed by atoms with E-state index in [1.54, 1.807) is 18.6 Å². The molecule has 5 heteroatoms. The summed E-state index contributed by atoms with van der Waals surface area (Å²) in [5.41, 5.74) is 0.782. The fraction of sp³-hybridized carbons (Fsp3) is 0.143. The smallest absolute Gasteiger partial charge is 0.182 e. The second-order valence-electron chi connectivity index (χ2n) is 2.36. The van der Waals surface area contributed by atoms with E-state index in [-0.39, 0.29) is 0 Å². The first-order valence-electron chi connectivity index (χ1n) is 3.48. The summed E-state index contributed by atoms with van der Waals surface area (Å²) >= 11 is 0. The predicted octanol–water partition coefficient (Wildman–Crippen LogP) is 0.272. The first kappa shape index (κ1) is 6.90. The normalized spacial score (nSPS) is 10.1. The van der Waals surface area contributed by atoms with E-state index < -0.39 is 0 Å². The molecule has 2 heterocycles. The van der Waals surface area contributed by atoms with Gasteiger partial charge in [0.15, 0.2) is 5.82 Å². The van der Waals surface area contributed by atoms with Crippen molar-refractivity contribution in [2.45, 2.75) is 0 Å². The average molecular weight is 161 g/mol. The fourth-order valence-electron chi connectivity index (χ4n) is 0.938. The van der Waals surface area contributed by atoms with Gasteiger partial charge >= 0.3 is 0 Å². The predicted molar refractivity (Wildman–Crippen MR) is 42.0 cm³/mol. The summed E-state index contributed by atoms with van der Waals surface area (Å²) in [6, 6.07) is 1.80. The van der Waals surface area contributed by atoms with Gasteiger partial charge in [0.25, 0.3) is 0 Å². The summed E-state index contributed by atoms with van der Waals surface area (Å²) in [6.45, 7) is 0. The van der Waals surface area contributed by atoms with Gasteiger partial charge in [-0.15, -0.1) is 10.2 Å². The van der Waals surface area contributed by atoms with Crippen LogP contribution in [0.2, 0.25) is 0 Å². The molecule has 2 aromatic rings. The van der Waals surface area contributed by atoms with E-state index >= 15 is 0 Å². The van der Waals surface area contributed by atoms with E-state index in [0.29, 0.717) is 0 Å². The minimum absolute atomic E-state index is 0.748. The molecule has 0 N–H and O–H groups in total. The highest BCUT2D eigenvalue weighted by molar-refractivity contribution is 5.47. The Hall–Kier alpha value is -1.78. The number of aromatic nitrogens is 5. The number of aryl methyl sites for hydroxylation is 1. The molecule has 0 spiro atoms. The average Bonchev–Trinajstić information content (AvgIpc) is 2.53. The van der Waals surface area contributed by atoms with Crippen molar-refractivity contribution in [3.63, 3.8) is 0 Å². The molecular formula is C7H7N5. The van der Waals surface area contributed by atoms with Gasteiger partial charge in [0, 0.05) is 13.2 Å². The summed E-state index contributed by atoms with van der Waals surface area (Å²) in [6.07, 6.45) is 4.80. The molecule has 5 nitrogen and oxygen atoms in total. The zero-order valence-corrected chi connectivity index (χ0v) is 6.55. The Bertz CT molecular complexity index is 366. The highest BCUT2D eigenvalue weighted by Gasteiger charge is 2.03. The van der Waals surface area contributed by atoms with Gasteiger partial charge in [-0.2, -0.15) is 0 Å². The first-order valence-corrected chi connectivity index (χ1v) is 3.48. The Labute approximate surface area is 69.1 Å². The van der Waals surface area contributed by atoms with E-state index in [4.69, 9.17) is 0 Å². The lowest BCUT2D eigenvalue weighted by Gasteiger charge is -1.96. The summed E-state index contributed by atoms with van der Waals surface area (Å²) < 4.78 is 1.81. The van der Waals surface area contributed by atoms with Crippen molar-refractivity contribution in [1.82, 2.24) is 24.7 Å². The number of hydrogen-bond donors (Lipinski definition) is 0. The number of nitrogens with zero attached hydrogens (tertiary/aromatic N) is 5. The van der Waals surface area contributed by atoms with Crippen molar-refractivity contribution < 1.29 is 0 Å². The molecular weight excluding hydrogens is 154 g/mol. The molecule has 0 aliphatic carbocycles. The largest absolute Gasteiger partial charge is 0.315 e. The van der Waals surface area contributed by atoms with Crippen LogP contribution in [-0.2, 0) is 7.05 Å². The maximum Gasteiger partial charge on any atom is 0.182 e. The molecule has 60 valence electrons. The van der Waals surface area contributed by atoms with Crippen LogP contribution in [0.4, 0.5) is 0 Å². The molecule has 12 heavy (non-hydrogen) atoms. The van der Waals surface area contributed by atoms with Crippen LogP contribution in [0.15, 0.2) is 24.9 Å². The lowest BCUT2D eigenvalue weighted by molar-refractivity contribution is 0.911. The Morgan fingerprint density at radius 2 is 2.33 bits per heavy atom. The van der Waals surface area contributed by atoms with Gasteiger partial charge in [0.2, 0.25) is 0 Å². The second-order valence-corrected chi connectivity index (χ2v) is 2.36.